The third-order valence-electron chi connectivity index (χ3n) is 4.60. The predicted octanol–water partition coefficient (Wildman–Crippen LogP) is 7.16. The molecule has 0 atom stereocenters. The lowest BCUT2D eigenvalue weighted by Gasteiger charge is -2.02. The minimum atomic E-state index is -0.119. The summed E-state index contributed by atoms with van der Waals surface area (Å²) in [5.74, 6) is -0.119. The van der Waals surface area contributed by atoms with Gasteiger partial charge in [0.05, 0.1) is 6.61 Å². The Hall–Kier alpha value is -1.09. The van der Waals surface area contributed by atoms with Gasteiger partial charge >= 0.3 is 5.97 Å². The summed E-state index contributed by atoms with van der Waals surface area (Å²) in [7, 11) is 1.60. The lowest BCUT2D eigenvalue weighted by molar-refractivity contribution is -0.144. The molecule has 0 aromatic heterocycles. The van der Waals surface area contributed by atoms with Gasteiger partial charge in [-0.25, -0.2) is 0 Å². The second-order valence-corrected chi connectivity index (χ2v) is 7.24. The molecule has 0 spiro atoms. The van der Waals surface area contributed by atoms with Crippen molar-refractivity contribution in [3.63, 3.8) is 0 Å². The van der Waals surface area contributed by atoms with Crippen LogP contribution in [0.2, 0.25) is 0 Å². The summed E-state index contributed by atoms with van der Waals surface area (Å²) >= 11 is 0. The van der Waals surface area contributed by atoms with E-state index in [0.29, 0.717) is 19.6 Å². The fourth-order valence-electron chi connectivity index (χ4n) is 2.89. The van der Waals surface area contributed by atoms with Crippen LogP contribution >= 0.6 is 0 Å². The summed E-state index contributed by atoms with van der Waals surface area (Å²) in [4.78, 5) is 11.4. The van der Waals surface area contributed by atoms with E-state index >= 15 is 0 Å². The highest BCUT2D eigenvalue weighted by Crippen LogP contribution is 2.09. The van der Waals surface area contributed by atoms with Crippen LogP contribution in [-0.2, 0) is 14.3 Å². The number of methoxy groups -OCH3 is 1. The monoisotopic (exact) mass is 380 g/mol. The van der Waals surface area contributed by atoms with Gasteiger partial charge in [0.1, 0.15) is 6.61 Å². The second-order valence-electron chi connectivity index (χ2n) is 7.24. The number of carbonyl (C=O) groups excluding carboxylic acids is 1. The van der Waals surface area contributed by atoms with E-state index in [1.54, 1.807) is 7.11 Å². The molecule has 0 rings (SSSR count). The fraction of sp³-hybridized carbons (Fsp3) is 0.792. The first-order chi connectivity index (χ1) is 13.3. The van der Waals surface area contributed by atoms with Crippen LogP contribution in [0.4, 0.5) is 0 Å². The van der Waals surface area contributed by atoms with Crippen LogP contribution in [0, 0.1) is 0 Å². The predicted molar refractivity (Wildman–Crippen MR) is 116 cm³/mol. The van der Waals surface area contributed by atoms with Crippen LogP contribution in [0.25, 0.3) is 0 Å². The Labute approximate surface area is 168 Å². The molecule has 0 aliphatic heterocycles. The zero-order chi connectivity index (χ0) is 19.8. The molecule has 0 heterocycles. The highest BCUT2D eigenvalue weighted by Gasteiger charge is 2.00. The van der Waals surface area contributed by atoms with E-state index < -0.39 is 0 Å². The molecular weight excluding hydrogens is 336 g/mol. The van der Waals surface area contributed by atoms with Crippen molar-refractivity contribution >= 4 is 5.97 Å². The van der Waals surface area contributed by atoms with Crippen molar-refractivity contribution in [1.29, 1.82) is 0 Å². The van der Waals surface area contributed by atoms with Crippen molar-refractivity contribution in [2.24, 2.45) is 0 Å². The van der Waals surface area contributed by atoms with E-state index in [4.69, 9.17) is 9.47 Å². The van der Waals surface area contributed by atoms with Crippen LogP contribution < -0.4 is 0 Å². The summed E-state index contributed by atoms with van der Waals surface area (Å²) in [6, 6.07) is 0. The fourth-order valence-corrected chi connectivity index (χ4v) is 2.89. The van der Waals surface area contributed by atoms with Gasteiger partial charge in [0.25, 0.3) is 0 Å². The van der Waals surface area contributed by atoms with Gasteiger partial charge in [0, 0.05) is 13.5 Å². The van der Waals surface area contributed by atoms with Crippen molar-refractivity contribution in [2.45, 2.75) is 103 Å². The second kappa shape index (κ2) is 23.0. The van der Waals surface area contributed by atoms with Crippen LogP contribution in [0.15, 0.2) is 24.3 Å². The summed E-state index contributed by atoms with van der Waals surface area (Å²) in [6.07, 6.45) is 27.3. The van der Waals surface area contributed by atoms with E-state index in [0.717, 1.165) is 19.3 Å². The number of esters is 1. The Morgan fingerprint density at radius 1 is 0.667 bits per heavy atom. The average Bonchev–Trinajstić information content (AvgIpc) is 2.67. The van der Waals surface area contributed by atoms with Gasteiger partial charge in [-0.2, -0.15) is 0 Å². The van der Waals surface area contributed by atoms with E-state index in [1.165, 1.54) is 70.6 Å². The minimum absolute atomic E-state index is 0.119. The van der Waals surface area contributed by atoms with Gasteiger partial charge in [0.15, 0.2) is 0 Å². The van der Waals surface area contributed by atoms with Crippen LogP contribution in [0.5, 0.6) is 0 Å². The quantitative estimate of drug-likeness (QED) is 0.128. The van der Waals surface area contributed by atoms with Crippen molar-refractivity contribution in [2.75, 3.05) is 20.3 Å². The number of hydrogen-bond donors (Lipinski definition) is 0. The van der Waals surface area contributed by atoms with Gasteiger partial charge in [0.2, 0.25) is 0 Å². The summed E-state index contributed by atoms with van der Waals surface area (Å²) in [5.41, 5.74) is 0. The third-order valence-corrected chi connectivity index (χ3v) is 4.60. The smallest absolute Gasteiger partial charge is 0.305 e. The lowest BCUT2D eigenvalue weighted by atomic mass is 10.1. The molecular formula is C24H44O3. The molecule has 3 nitrogen and oxygen atoms in total. The van der Waals surface area contributed by atoms with E-state index in [9.17, 15) is 4.79 Å². The van der Waals surface area contributed by atoms with Crippen molar-refractivity contribution < 1.29 is 14.3 Å². The Kier molecular flexibility index (Phi) is 22.0. The summed E-state index contributed by atoms with van der Waals surface area (Å²) < 4.78 is 9.87. The molecule has 0 saturated heterocycles. The van der Waals surface area contributed by atoms with Gasteiger partial charge in [-0.15, -0.1) is 0 Å². The Bertz CT molecular complexity index is 361. The van der Waals surface area contributed by atoms with Crippen LogP contribution in [0.1, 0.15) is 103 Å². The van der Waals surface area contributed by atoms with E-state index in [1.807, 2.05) is 0 Å². The molecule has 27 heavy (non-hydrogen) atoms. The minimum Gasteiger partial charge on any atom is -0.463 e. The Morgan fingerprint density at radius 2 is 1.15 bits per heavy atom. The van der Waals surface area contributed by atoms with Crippen molar-refractivity contribution in [3.05, 3.63) is 24.3 Å². The Balaban J connectivity index is 3.22. The molecule has 0 bridgehead atoms. The summed E-state index contributed by atoms with van der Waals surface area (Å²) in [5, 5.41) is 0. The molecule has 158 valence electrons. The molecule has 0 saturated carbocycles. The Morgan fingerprint density at radius 3 is 1.67 bits per heavy atom. The number of unbranched alkanes of at least 4 members (excludes halogenated alkanes) is 11. The molecule has 0 N–H and O–H groups in total. The maximum absolute atomic E-state index is 11.4. The third kappa shape index (κ3) is 22.9. The molecule has 0 amide bonds. The zero-order valence-corrected chi connectivity index (χ0v) is 18.1. The SMILES string of the molecule is CCCCCC/C=C\CCCCCCC/C=C\CCCC(=O)OCCOC. The molecule has 0 fully saturated rings. The first-order valence-corrected chi connectivity index (χ1v) is 11.3. The number of hydrogen-bond acceptors (Lipinski definition) is 3. The highest BCUT2D eigenvalue weighted by atomic mass is 16.6. The molecule has 0 unspecified atom stereocenters. The topological polar surface area (TPSA) is 35.5 Å². The molecule has 0 aliphatic carbocycles. The number of rotatable bonds is 20. The van der Waals surface area contributed by atoms with Gasteiger partial charge in [-0.05, 0) is 51.4 Å². The molecule has 0 aromatic rings. The van der Waals surface area contributed by atoms with E-state index in [2.05, 4.69) is 31.2 Å². The normalized spacial score (nSPS) is 11.6. The zero-order valence-electron chi connectivity index (χ0n) is 18.1. The molecule has 0 aromatic carbocycles. The number of allylic oxidation sites excluding steroid dienone is 4. The van der Waals surface area contributed by atoms with Crippen molar-refractivity contribution in [3.8, 4) is 0 Å². The molecule has 3 heteroatoms. The van der Waals surface area contributed by atoms with E-state index in [-0.39, 0.29) is 5.97 Å². The standard InChI is InChI=1S/C24H44O3/c1-3-4-5-6-7-8-9-10-11-12-13-14-15-16-17-18-19-20-21-24(25)27-23-22-26-2/h8-9,17-18H,3-7,10-16,19-23H2,1-2H3/b9-8-,18-17-. The maximum atomic E-state index is 11.4. The summed E-state index contributed by atoms with van der Waals surface area (Å²) in [6.45, 7) is 3.10. The van der Waals surface area contributed by atoms with Gasteiger partial charge in [-0.1, -0.05) is 69.8 Å². The number of carbonyl (C=O) groups is 1. The maximum Gasteiger partial charge on any atom is 0.305 e. The average molecular weight is 381 g/mol. The lowest BCUT2D eigenvalue weighted by Crippen LogP contribution is -2.09. The van der Waals surface area contributed by atoms with Crippen LogP contribution in [0.3, 0.4) is 0 Å². The van der Waals surface area contributed by atoms with Gasteiger partial charge < -0.3 is 9.47 Å². The highest BCUT2D eigenvalue weighted by molar-refractivity contribution is 5.69. The van der Waals surface area contributed by atoms with Crippen LogP contribution in [-0.4, -0.2) is 26.3 Å². The number of ether oxygens (including phenoxy) is 2. The first-order valence-electron chi connectivity index (χ1n) is 11.3. The van der Waals surface area contributed by atoms with Gasteiger partial charge in [-0.3, -0.25) is 4.79 Å². The molecule has 0 aliphatic rings. The molecule has 0 radical (unpaired) electrons. The first kappa shape index (κ1) is 25.9. The van der Waals surface area contributed by atoms with Crippen molar-refractivity contribution in [1.82, 2.24) is 0 Å². The largest absolute Gasteiger partial charge is 0.463 e.